The molecular formula is C53H76N4O5. The first-order chi connectivity index (χ1) is 29.4. The van der Waals surface area contributed by atoms with Gasteiger partial charge in [-0.15, -0.1) is 0 Å². The van der Waals surface area contributed by atoms with Crippen molar-refractivity contribution in [1.29, 1.82) is 0 Å². The number of carbonyl (C=O) groups is 1. The van der Waals surface area contributed by atoms with Gasteiger partial charge in [0.15, 0.2) is 0 Å². The molecule has 0 radical (unpaired) electrons. The Morgan fingerprint density at radius 3 is 2.34 bits per heavy atom. The van der Waals surface area contributed by atoms with Crippen LogP contribution in [-0.4, -0.2) is 66.4 Å². The van der Waals surface area contributed by atoms with Crippen LogP contribution in [0.3, 0.4) is 0 Å². The summed E-state index contributed by atoms with van der Waals surface area (Å²) in [4.78, 5) is 19.4. The number of nitrogens with one attached hydrogen (secondary N) is 1. The Bertz CT molecular complexity index is 2100. The smallest absolute Gasteiger partial charge is 0.310 e. The fourth-order valence-corrected chi connectivity index (χ4v) is 14.2. The van der Waals surface area contributed by atoms with Crippen LogP contribution in [-0.2, 0) is 25.6 Å². The van der Waals surface area contributed by atoms with E-state index in [2.05, 4.69) is 116 Å². The number of esters is 1. The van der Waals surface area contributed by atoms with E-state index in [9.17, 15) is 0 Å². The van der Waals surface area contributed by atoms with Crippen molar-refractivity contribution in [1.82, 2.24) is 20.1 Å². The number of pyridine rings is 1. The summed E-state index contributed by atoms with van der Waals surface area (Å²) in [6.45, 7) is 26.0. The molecule has 0 amide bonds. The van der Waals surface area contributed by atoms with Crippen molar-refractivity contribution in [3.05, 3.63) is 78.3 Å². The number of hydrogen-bond acceptors (Lipinski definition) is 8. The number of allylic oxidation sites excluding steroid dienone is 1. The van der Waals surface area contributed by atoms with E-state index in [1.165, 1.54) is 0 Å². The zero-order valence-corrected chi connectivity index (χ0v) is 39.9. The van der Waals surface area contributed by atoms with Crippen molar-refractivity contribution in [3.63, 3.8) is 0 Å². The maximum absolute atomic E-state index is 15.1. The lowest BCUT2D eigenvalue weighted by Gasteiger charge is -2.71. The van der Waals surface area contributed by atoms with Crippen LogP contribution in [0.25, 0.3) is 11.3 Å². The van der Waals surface area contributed by atoms with E-state index in [1.54, 1.807) is 12.7 Å². The Morgan fingerprint density at radius 2 is 1.68 bits per heavy atom. The molecular weight excluding hydrogens is 773 g/mol. The molecule has 3 aromatic rings. The van der Waals surface area contributed by atoms with Crippen LogP contribution in [0.2, 0.25) is 0 Å². The summed E-state index contributed by atoms with van der Waals surface area (Å²) >= 11 is 0. The Morgan fingerprint density at radius 1 is 0.952 bits per heavy atom. The van der Waals surface area contributed by atoms with E-state index in [0.717, 1.165) is 61.1 Å². The topological polar surface area (TPSA) is 96.7 Å². The number of fused-ring (bicyclic) bond motifs is 3. The van der Waals surface area contributed by atoms with Crippen LogP contribution >= 0.6 is 0 Å². The first kappa shape index (κ1) is 45.1. The average molecular weight is 849 g/mol. The van der Waals surface area contributed by atoms with Gasteiger partial charge < -0.3 is 24.3 Å². The third-order valence-electron chi connectivity index (χ3n) is 19.0. The number of rotatable bonds is 13. The van der Waals surface area contributed by atoms with Crippen molar-refractivity contribution in [2.75, 3.05) is 34.0 Å². The normalized spacial score (nSPS) is 36.7. The molecule has 0 spiro atoms. The molecule has 5 aliphatic rings. The molecule has 1 saturated heterocycles. The molecule has 4 fully saturated rings. The van der Waals surface area contributed by atoms with E-state index in [-0.39, 0.29) is 63.3 Å². The second-order valence-corrected chi connectivity index (χ2v) is 22.2. The van der Waals surface area contributed by atoms with Gasteiger partial charge in [0.2, 0.25) is 0 Å². The fourth-order valence-electron chi connectivity index (χ4n) is 14.2. The highest BCUT2D eigenvalue weighted by atomic mass is 16.5. The molecule has 3 saturated carbocycles. The second kappa shape index (κ2) is 16.5. The molecule has 1 aliphatic heterocycles. The maximum Gasteiger partial charge on any atom is 0.310 e. The number of ether oxygens (including phenoxy) is 4. The van der Waals surface area contributed by atoms with Crippen LogP contribution in [0.4, 0.5) is 0 Å². The van der Waals surface area contributed by atoms with Gasteiger partial charge in [0.25, 0.3) is 0 Å². The highest BCUT2D eigenvalue weighted by Crippen LogP contribution is 2.75. The second-order valence-electron chi connectivity index (χ2n) is 22.2. The molecule has 2 bridgehead atoms. The van der Waals surface area contributed by atoms with Gasteiger partial charge in [-0.2, -0.15) is 5.10 Å². The molecule has 338 valence electrons. The number of benzene rings is 1. The van der Waals surface area contributed by atoms with Crippen LogP contribution in [0.15, 0.2) is 72.7 Å². The van der Waals surface area contributed by atoms with Crippen molar-refractivity contribution < 1.29 is 23.7 Å². The molecule has 12 atom stereocenters. The molecule has 2 aromatic heterocycles. The SMILES string of the molecule is CN[C@@](C)(CO[C@H]1[C@H](n2nccc2-c2ccncc2)C[C@@]23COC[C@]1(C)[C@@H]2CC[C@H]1C3=CC[C@@]2(C)[C@H](C(=O)OCc3ccc(OC)cc3)[C@@](C)([C@H](C)C(C)C)CC[C@]12C)C(C)C. The minimum atomic E-state index is -0.304. The standard InChI is InChI=1S/C53H76N4O5/c1-34(2)36(5)48(6)24-25-50(8)40-17-18-44-49(7)31-60-33-53(44,41(40)19-23-51(50,9)45(48)47(58)61-30-37-13-15-39(59-12)16-14-37)29-43(46(49)62-32-52(10,54-11)35(3)4)57-42(22-28-56-57)38-20-26-55-27-21-38/h13-16,19-22,26-28,34-36,40,43-46,54H,17-18,23-25,29-33H2,1-12H3/t36-,40+,43-,44+,45-,46+,48-,49-,50-,51+,52+,53+/m1/s1. The summed E-state index contributed by atoms with van der Waals surface area (Å²) in [6, 6.07) is 14.2. The maximum atomic E-state index is 15.1. The number of methoxy groups -OCH3 is 1. The van der Waals surface area contributed by atoms with Gasteiger partial charge in [-0.3, -0.25) is 14.5 Å². The Kier molecular flexibility index (Phi) is 12.0. The summed E-state index contributed by atoms with van der Waals surface area (Å²) < 4.78 is 28.5. The number of carbonyl (C=O) groups excluding carboxylic acids is 1. The Hall–Kier alpha value is -3.53. The average Bonchev–Trinajstić information content (AvgIpc) is 3.75. The summed E-state index contributed by atoms with van der Waals surface area (Å²) in [5.41, 5.74) is 3.48. The summed E-state index contributed by atoms with van der Waals surface area (Å²) in [7, 11) is 3.73. The third-order valence-corrected chi connectivity index (χ3v) is 19.0. The van der Waals surface area contributed by atoms with Gasteiger partial charge in [0.1, 0.15) is 12.4 Å². The molecule has 1 aromatic carbocycles. The molecule has 4 aliphatic carbocycles. The molecule has 1 N–H and O–H groups in total. The number of likely N-dealkylation sites (N-methyl/N-ethyl adjacent to an activating group) is 1. The molecule has 9 heteroatoms. The van der Waals surface area contributed by atoms with E-state index in [0.29, 0.717) is 49.4 Å². The van der Waals surface area contributed by atoms with Crippen molar-refractivity contribution in [2.45, 2.75) is 132 Å². The number of aromatic nitrogens is 3. The number of hydrogen-bond donors (Lipinski definition) is 1. The third kappa shape index (κ3) is 6.92. The van der Waals surface area contributed by atoms with Crippen molar-refractivity contribution in [3.8, 4) is 17.0 Å². The van der Waals surface area contributed by atoms with Gasteiger partial charge >= 0.3 is 5.97 Å². The molecule has 9 nitrogen and oxygen atoms in total. The molecule has 8 rings (SSSR count). The highest BCUT2D eigenvalue weighted by Gasteiger charge is 2.72. The Labute approximate surface area is 372 Å². The van der Waals surface area contributed by atoms with E-state index >= 15 is 4.79 Å². The fraction of sp³-hybridized carbons (Fsp3) is 0.679. The van der Waals surface area contributed by atoms with Gasteiger partial charge in [0.05, 0.1) is 50.7 Å². The lowest BCUT2D eigenvalue weighted by atomic mass is 9.34. The van der Waals surface area contributed by atoms with Crippen LogP contribution in [0.5, 0.6) is 5.75 Å². The lowest BCUT2D eigenvalue weighted by Crippen LogP contribution is -2.69. The van der Waals surface area contributed by atoms with Crippen LogP contribution in [0.1, 0.15) is 119 Å². The summed E-state index contributed by atoms with van der Waals surface area (Å²) in [5.74, 6) is 2.37. The number of nitrogens with zero attached hydrogens (tertiary/aromatic N) is 3. The van der Waals surface area contributed by atoms with Gasteiger partial charge in [-0.05, 0) is 134 Å². The molecule has 62 heavy (non-hydrogen) atoms. The minimum Gasteiger partial charge on any atom is -0.497 e. The predicted molar refractivity (Wildman–Crippen MR) is 245 cm³/mol. The van der Waals surface area contributed by atoms with Gasteiger partial charge in [-0.25, -0.2) is 0 Å². The predicted octanol–water partition coefficient (Wildman–Crippen LogP) is 10.8. The van der Waals surface area contributed by atoms with Crippen LogP contribution in [0, 0.1) is 62.6 Å². The summed E-state index contributed by atoms with van der Waals surface area (Å²) in [5, 5.41) is 8.78. The largest absolute Gasteiger partial charge is 0.497 e. The van der Waals surface area contributed by atoms with Gasteiger partial charge in [-0.1, -0.05) is 86.1 Å². The highest BCUT2D eigenvalue weighted by molar-refractivity contribution is 5.75. The Balaban J connectivity index is 1.21. The zero-order valence-electron chi connectivity index (χ0n) is 39.9. The lowest BCUT2D eigenvalue weighted by molar-refractivity contribution is -0.253. The van der Waals surface area contributed by atoms with E-state index in [4.69, 9.17) is 24.0 Å². The minimum absolute atomic E-state index is 0.0189. The summed E-state index contributed by atoms with van der Waals surface area (Å²) in [6.07, 6.45) is 14.2. The zero-order chi connectivity index (χ0) is 44.5. The first-order valence-corrected chi connectivity index (χ1v) is 23.7. The molecule has 3 heterocycles. The first-order valence-electron chi connectivity index (χ1n) is 23.7. The monoisotopic (exact) mass is 849 g/mol. The van der Waals surface area contributed by atoms with E-state index in [1.807, 2.05) is 42.9 Å². The van der Waals surface area contributed by atoms with Crippen LogP contribution < -0.4 is 10.1 Å². The van der Waals surface area contributed by atoms with Crippen molar-refractivity contribution >= 4 is 5.97 Å². The van der Waals surface area contributed by atoms with Crippen molar-refractivity contribution in [2.24, 2.45) is 62.6 Å². The van der Waals surface area contributed by atoms with E-state index < -0.39 is 0 Å². The molecule has 0 unspecified atom stereocenters. The van der Waals surface area contributed by atoms with Gasteiger partial charge in [0, 0.05) is 40.5 Å². The quantitative estimate of drug-likeness (QED) is 0.134.